The Morgan fingerprint density at radius 3 is 2.75 bits per heavy atom. The van der Waals surface area contributed by atoms with Gasteiger partial charge in [0.2, 0.25) is 11.7 Å². The van der Waals surface area contributed by atoms with Gasteiger partial charge in [-0.05, 0) is 19.1 Å². The summed E-state index contributed by atoms with van der Waals surface area (Å²) in [5.41, 5.74) is 0.553. The fourth-order valence-corrected chi connectivity index (χ4v) is 2.89. The van der Waals surface area contributed by atoms with Crippen LogP contribution in [0, 0.1) is 0 Å². The highest BCUT2D eigenvalue weighted by molar-refractivity contribution is 5.85. The number of nitrogens with zero attached hydrogens (tertiary/aromatic N) is 3. The second kappa shape index (κ2) is 6.98. The summed E-state index contributed by atoms with van der Waals surface area (Å²) in [6, 6.07) is 6.28. The largest absolute Gasteiger partial charge is 0.449 e. The molecule has 0 aliphatic carbocycles. The molecular formula is C15H18ClF3N4O. The zero-order valence-corrected chi connectivity index (χ0v) is 13.8. The molecule has 5 nitrogen and oxygen atoms in total. The van der Waals surface area contributed by atoms with E-state index in [1.807, 2.05) is 6.92 Å². The number of fused-ring (bicyclic) bond motifs is 1. The van der Waals surface area contributed by atoms with Crippen LogP contribution in [0.4, 0.5) is 13.2 Å². The molecule has 1 fully saturated rings. The molecule has 9 heteroatoms. The first-order valence-electron chi connectivity index (χ1n) is 7.40. The Balaban J connectivity index is 0.00000208. The molecule has 1 saturated heterocycles. The van der Waals surface area contributed by atoms with Gasteiger partial charge in [0.05, 0.1) is 11.0 Å². The van der Waals surface area contributed by atoms with Crippen molar-refractivity contribution in [3.05, 3.63) is 30.1 Å². The van der Waals surface area contributed by atoms with Gasteiger partial charge in [-0.15, -0.1) is 12.4 Å². The van der Waals surface area contributed by atoms with Gasteiger partial charge in [0.1, 0.15) is 6.54 Å². The highest BCUT2D eigenvalue weighted by Crippen LogP contribution is 2.31. The van der Waals surface area contributed by atoms with Crippen LogP contribution in [0.1, 0.15) is 12.7 Å². The van der Waals surface area contributed by atoms with Crippen LogP contribution in [0.15, 0.2) is 24.3 Å². The summed E-state index contributed by atoms with van der Waals surface area (Å²) in [6.07, 6.45) is -4.60. The minimum absolute atomic E-state index is 0. The summed E-state index contributed by atoms with van der Waals surface area (Å²) < 4.78 is 40.7. The molecule has 1 aromatic carbocycles. The van der Waals surface area contributed by atoms with Crippen LogP contribution < -0.4 is 5.32 Å². The summed E-state index contributed by atoms with van der Waals surface area (Å²) in [4.78, 5) is 17.8. The first-order chi connectivity index (χ1) is 10.9. The number of hydrogen-bond donors (Lipinski definition) is 1. The Bertz CT molecular complexity index is 731. The number of alkyl halides is 3. The predicted molar refractivity (Wildman–Crippen MR) is 86.0 cm³/mol. The third-order valence-electron chi connectivity index (χ3n) is 4.02. The summed E-state index contributed by atoms with van der Waals surface area (Å²) in [5.74, 6) is -1.36. The van der Waals surface area contributed by atoms with Crippen molar-refractivity contribution in [3.8, 4) is 0 Å². The highest BCUT2D eigenvalue weighted by Gasteiger charge is 2.38. The van der Waals surface area contributed by atoms with E-state index in [4.69, 9.17) is 0 Å². The van der Waals surface area contributed by atoms with Gasteiger partial charge in [0.25, 0.3) is 0 Å². The monoisotopic (exact) mass is 362 g/mol. The fraction of sp³-hybridized carbons (Fsp3) is 0.467. The second-order valence-electron chi connectivity index (χ2n) is 5.65. The molecule has 24 heavy (non-hydrogen) atoms. The molecule has 2 aromatic rings. The van der Waals surface area contributed by atoms with Crippen LogP contribution in [0.2, 0.25) is 0 Å². The van der Waals surface area contributed by atoms with Crippen LogP contribution in [0.5, 0.6) is 0 Å². The van der Waals surface area contributed by atoms with E-state index in [1.165, 1.54) is 6.07 Å². The number of rotatable bonds is 2. The van der Waals surface area contributed by atoms with Crippen molar-refractivity contribution < 1.29 is 18.0 Å². The highest BCUT2D eigenvalue weighted by atomic mass is 35.5. The lowest BCUT2D eigenvalue weighted by molar-refractivity contribution is -0.148. The number of para-hydroxylation sites is 2. The van der Waals surface area contributed by atoms with Crippen LogP contribution >= 0.6 is 12.4 Å². The quantitative estimate of drug-likeness (QED) is 0.892. The van der Waals surface area contributed by atoms with Gasteiger partial charge in [-0.1, -0.05) is 12.1 Å². The third kappa shape index (κ3) is 3.49. The molecule has 1 atom stereocenters. The molecule has 0 spiro atoms. The van der Waals surface area contributed by atoms with Gasteiger partial charge >= 0.3 is 6.18 Å². The Morgan fingerprint density at radius 1 is 1.38 bits per heavy atom. The Morgan fingerprint density at radius 2 is 2.08 bits per heavy atom. The summed E-state index contributed by atoms with van der Waals surface area (Å²) >= 11 is 0. The lowest BCUT2D eigenvalue weighted by atomic mass is 10.2. The maximum Gasteiger partial charge on any atom is 0.449 e. The number of aromatic nitrogens is 2. The van der Waals surface area contributed by atoms with E-state index in [1.54, 1.807) is 23.1 Å². The molecule has 0 radical (unpaired) electrons. The number of halogens is 4. The van der Waals surface area contributed by atoms with Crippen molar-refractivity contribution in [2.24, 2.45) is 0 Å². The lowest BCUT2D eigenvalue weighted by Crippen LogP contribution is -2.53. The number of benzene rings is 1. The molecule has 2 heterocycles. The van der Waals surface area contributed by atoms with E-state index >= 15 is 0 Å². The molecular weight excluding hydrogens is 345 g/mol. The van der Waals surface area contributed by atoms with Crippen molar-refractivity contribution >= 4 is 29.3 Å². The first-order valence-corrected chi connectivity index (χ1v) is 7.40. The summed E-state index contributed by atoms with van der Waals surface area (Å²) in [7, 11) is 0. The Labute approximate surface area is 143 Å². The van der Waals surface area contributed by atoms with E-state index < -0.39 is 12.0 Å². The SMILES string of the molecule is C[C@@H]1CNCCN1C(=O)Cn1c(C(F)(F)F)nc2ccccc21.Cl. The average molecular weight is 363 g/mol. The lowest BCUT2D eigenvalue weighted by Gasteiger charge is -2.34. The van der Waals surface area contributed by atoms with Gasteiger partial charge in [0.15, 0.2) is 0 Å². The zero-order valence-electron chi connectivity index (χ0n) is 13.0. The van der Waals surface area contributed by atoms with Crippen LogP contribution in [-0.2, 0) is 17.5 Å². The van der Waals surface area contributed by atoms with Gasteiger partial charge < -0.3 is 14.8 Å². The van der Waals surface area contributed by atoms with Crippen molar-refractivity contribution in [2.75, 3.05) is 19.6 Å². The molecule has 0 bridgehead atoms. The molecule has 0 unspecified atom stereocenters. The number of amides is 1. The van der Waals surface area contributed by atoms with E-state index in [2.05, 4.69) is 10.3 Å². The van der Waals surface area contributed by atoms with Crippen molar-refractivity contribution in [3.63, 3.8) is 0 Å². The Kier molecular flexibility index (Phi) is 5.39. The predicted octanol–water partition coefficient (Wildman–Crippen LogP) is 2.30. The number of hydrogen-bond acceptors (Lipinski definition) is 3. The first kappa shape index (κ1) is 18.5. The zero-order chi connectivity index (χ0) is 16.6. The van der Waals surface area contributed by atoms with Crippen LogP contribution in [0.3, 0.4) is 0 Å². The van der Waals surface area contributed by atoms with Crippen LogP contribution in [0.25, 0.3) is 11.0 Å². The number of carbonyl (C=O) groups is 1. The van der Waals surface area contributed by atoms with Gasteiger partial charge in [-0.3, -0.25) is 4.79 Å². The van der Waals surface area contributed by atoms with Gasteiger partial charge in [-0.2, -0.15) is 13.2 Å². The maximum atomic E-state index is 13.2. The van der Waals surface area contributed by atoms with Crippen LogP contribution in [-0.4, -0.2) is 46.0 Å². The minimum atomic E-state index is -4.60. The Hall–Kier alpha value is -1.80. The number of imidazole rings is 1. The molecule has 0 saturated carbocycles. The van der Waals surface area contributed by atoms with E-state index in [0.29, 0.717) is 25.2 Å². The molecule has 1 aliphatic heterocycles. The third-order valence-corrected chi connectivity index (χ3v) is 4.02. The van der Waals surface area contributed by atoms with Crippen molar-refractivity contribution in [1.82, 2.24) is 19.8 Å². The number of piperazine rings is 1. The maximum absolute atomic E-state index is 13.2. The fourth-order valence-electron chi connectivity index (χ4n) is 2.89. The van der Waals surface area contributed by atoms with Gasteiger partial charge in [0, 0.05) is 25.7 Å². The molecule has 1 aliphatic rings. The molecule has 1 aromatic heterocycles. The smallest absolute Gasteiger partial charge is 0.336 e. The van der Waals surface area contributed by atoms with Gasteiger partial charge in [-0.25, -0.2) is 4.98 Å². The normalized spacial score (nSPS) is 18.5. The average Bonchev–Trinajstić information content (AvgIpc) is 2.87. The molecule has 132 valence electrons. The standard InChI is InChI=1S/C15H17F3N4O.ClH/c1-10-8-19-6-7-21(10)13(23)9-22-12-5-3-2-4-11(12)20-14(22)15(16,17)18;/h2-5,10,19H,6-9H2,1H3;1H/t10-;/m1./s1. The number of carbonyl (C=O) groups excluding carboxylic acids is 1. The summed E-state index contributed by atoms with van der Waals surface area (Å²) in [5, 5.41) is 3.15. The molecule has 3 rings (SSSR count). The molecule has 1 amide bonds. The van der Waals surface area contributed by atoms with E-state index in [9.17, 15) is 18.0 Å². The topological polar surface area (TPSA) is 50.2 Å². The van der Waals surface area contributed by atoms with Crippen molar-refractivity contribution in [1.29, 1.82) is 0 Å². The molecule has 1 N–H and O–H groups in total. The summed E-state index contributed by atoms with van der Waals surface area (Å²) in [6.45, 7) is 3.30. The van der Waals surface area contributed by atoms with E-state index in [-0.39, 0.29) is 36.4 Å². The van der Waals surface area contributed by atoms with Crippen molar-refractivity contribution in [2.45, 2.75) is 25.7 Å². The minimum Gasteiger partial charge on any atom is -0.336 e. The van der Waals surface area contributed by atoms with E-state index in [0.717, 1.165) is 4.57 Å². The number of nitrogens with one attached hydrogen (secondary N) is 1. The second-order valence-corrected chi connectivity index (χ2v) is 5.65.